The van der Waals surface area contributed by atoms with Crippen molar-refractivity contribution in [3.63, 3.8) is 0 Å². The summed E-state index contributed by atoms with van der Waals surface area (Å²) in [6.45, 7) is 2.57. The molecule has 20 heavy (non-hydrogen) atoms. The number of aromatic nitrogens is 2. The molecular weight excluding hydrogens is 344 g/mol. The lowest BCUT2D eigenvalue weighted by Gasteiger charge is -2.10. The van der Waals surface area contributed by atoms with E-state index in [0.717, 1.165) is 9.86 Å². The molecule has 0 bridgehead atoms. The monoisotopic (exact) mass is 354 g/mol. The summed E-state index contributed by atoms with van der Waals surface area (Å²) in [4.78, 5) is 0. The van der Waals surface area contributed by atoms with Gasteiger partial charge in [0.1, 0.15) is 11.3 Å². The Morgan fingerprint density at radius 1 is 1.50 bits per heavy atom. The maximum absolute atomic E-state index is 10.5. The number of aryl methyl sites for hydroxylation is 1. The lowest BCUT2D eigenvalue weighted by atomic mass is 10.2. The van der Waals surface area contributed by atoms with Gasteiger partial charge in [-0.15, -0.1) is 0 Å². The molecule has 1 atom stereocenters. The van der Waals surface area contributed by atoms with Crippen molar-refractivity contribution in [2.75, 3.05) is 0 Å². The molecule has 0 fully saturated rings. The summed E-state index contributed by atoms with van der Waals surface area (Å²) in [7, 11) is 0. The van der Waals surface area contributed by atoms with Gasteiger partial charge in [0, 0.05) is 11.9 Å². The van der Waals surface area contributed by atoms with E-state index in [4.69, 9.17) is 16.0 Å². The van der Waals surface area contributed by atoms with Crippen LogP contribution in [0.3, 0.4) is 0 Å². The van der Waals surface area contributed by atoms with Gasteiger partial charge in [0.2, 0.25) is 0 Å². The summed E-state index contributed by atoms with van der Waals surface area (Å²) in [6, 6.07) is 7.55. The highest BCUT2D eigenvalue weighted by atomic mass is 79.9. The van der Waals surface area contributed by atoms with Crippen molar-refractivity contribution in [2.24, 2.45) is 0 Å². The zero-order chi connectivity index (χ0) is 14.3. The van der Waals surface area contributed by atoms with Crippen molar-refractivity contribution in [1.82, 2.24) is 9.78 Å². The molecule has 3 aromatic rings. The lowest BCUT2D eigenvalue weighted by molar-refractivity contribution is 0.181. The second-order valence-corrected chi connectivity index (χ2v) is 5.66. The number of hydrogen-bond donors (Lipinski definition) is 1. The molecular formula is C14H12BrClN2O2. The fraction of sp³-hybridized carbons (Fsp3) is 0.214. The molecule has 0 saturated heterocycles. The molecule has 3 rings (SSSR count). The van der Waals surface area contributed by atoms with Gasteiger partial charge in [0.15, 0.2) is 6.10 Å². The first-order valence-corrected chi connectivity index (χ1v) is 7.36. The molecule has 0 aliphatic rings. The van der Waals surface area contributed by atoms with Gasteiger partial charge in [-0.1, -0.05) is 23.7 Å². The number of hydrogen-bond acceptors (Lipinski definition) is 3. The Labute approximate surface area is 129 Å². The standard InChI is InChI=1S/C14H12BrClN2O2/c1-2-18-12(10(16)7-17-18)13(19)11-6-8-4-3-5-9(15)14(8)20-11/h3-7,13,19H,2H2,1H3. The first-order chi connectivity index (χ1) is 9.61. The number of rotatable bonds is 3. The number of aliphatic hydroxyl groups is 1. The molecule has 1 aromatic carbocycles. The molecule has 104 valence electrons. The van der Waals surface area contributed by atoms with E-state index in [9.17, 15) is 5.11 Å². The second-order valence-electron chi connectivity index (χ2n) is 4.40. The van der Waals surface area contributed by atoms with Crippen LogP contribution in [0.25, 0.3) is 11.0 Å². The van der Waals surface area contributed by atoms with Gasteiger partial charge in [0.05, 0.1) is 21.4 Å². The summed E-state index contributed by atoms with van der Waals surface area (Å²) in [5, 5.41) is 16.0. The van der Waals surface area contributed by atoms with E-state index in [-0.39, 0.29) is 0 Å². The number of furan rings is 1. The number of benzene rings is 1. The van der Waals surface area contributed by atoms with Crippen molar-refractivity contribution < 1.29 is 9.52 Å². The number of fused-ring (bicyclic) bond motifs is 1. The van der Waals surface area contributed by atoms with Crippen LogP contribution in [0.15, 0.2) is 39.4 Å². The molecule has 0 aliphatic heterocycles. The van der Waals surface area contributed by atoms with E-state index < -0.39 is 6.10 Å². The van der Waals surface area contributed by atoms with Crippen LogP contribution in [0.1, 0.15) is 24.5 Å². The number of aliphatic hydroxyl groups excluding tert-OH is 1. The Kier molecular flexibility index (Phi) is 3.58. The predicted molar refractivity (Wildman–Crippen MR) is 80.9 cm³/mol. The van der Waals surface area contributed by atoms with Gasteiger partial charge >= 0.3 is 0 Å². The quantitative estimate of drug-likeness (QED) is 0.768. The number of halogens is 2. The summed E-state index contributed by atoms with van der Waals surface area (Å²) in [5.41, 5.74) is 1.25. The fourth-order valence-corrected chi connectivity index (χ4v) is 2.92. The highest BCUT2D eigenvalue weighted by molar-refractivity contribution is 9.10. The van der Waals surface area contributed by atoms with E-state index in [1.807, 2.05) is 31.2 Å². The van der Waals surface area contributed by atoms with Crippen LogP contribution in [-0.2, 0) is 6.54 Å². The number of nitrogens with zero attached hydrogens (tertiary/aromatic N) is 2. The van der Waals surface area contributed by atoms with Crippen LogP contribution < -0.4 is 0 Å². The molecule has 0 saturated carbocycles. The minimum atomic E-state index is -0.941. The van der Waals surface area contributed by atoms with E-state index in [1.54, 1.807) is 4.68 Å². The van der Waals surface area contributed by atoms with Gasteiger partial charge in [-0.05, 0) is 35.0 Å². The molecule has 0 amide bonds. The van der Waals surface area contributed by atoms with Crippen LogP contribution in [0.2, 0.25) is 5.02 Å². The minimum Gasteiger partial charge on any atom is -0.457 e. The lowest BCUT2D eigenvalue weighted by Crippen LogP contribution is -2.08. The first kappa shape index (κ1) is 13.7. The Balaban J connectivity index is 2.10. The third-order valence-electron chi connectivity index (χ3n) is 3.18. The molecule has 6 heteroatoms. The zero-order valence-electron chi connectivity index (χ0n) is 10.7. The highest BCUT2D eigenvalue weighted by Gasteiger charge is 2.23. The van der Waals surface area contributed by atoms with E-state index in [1.165, 1.54) is 6.20 Å². The Morgan fingerprint density at radius 3 is 3.00 bits per heavy atom. The van der Waals surface area contributed by atoms with Crippen molar-refractivity contribution in [3.05, 3.63) is 51.4 Å². The maximum atomic E-state index is 10.5. The van der Waals surface area contributed by atoms with Gasteiger partial charge in [0.25, 0.3) is 0 Å². The summed E-state index contributed by atoms with van der Waals surface area (Å²) >= 11 is 9.54. The fourth-order valence-electron chi connectivity index (χ4n) is 2.21. The Morgan fingerprint density at radius 2 is 2.30 bits per heavy atom. The number of para-hydroxylation sites is 1. The molecule has 0 radical (unpaired) electrons. The minimum absolute atomic E-state index is 0.430. The van der Waals surface area contributed by atoms with E-state index in [0.29, 0.717) is 28.6 Å². The zero-order valence-corrected chi connectivity index (χ0v) is 13.0. The maximum Gasteiger partial charge on any atom is 0.155 e. The Bertz CT molecular complexity index is 766. The third-order valence-corrected chi connectivity index (χ3v) is 4.09. The molecule has 1 N–H and O–H groups in total. The third kappa shape index (κ3) is 2.16. The summed E-state index contributed by atoms with van der Waals surface area (Å²) in [6.07, 6.45) is 0.589. The van der Waals surface area contributed by atoms with Crippen molar-refractivity contribution >= 4 is 38.5 Å². The molecule has 4 nitrogen and oxygen atoms in total. The predicted octanol–water partition coefficient (Wildman–Crippen LogP) is 4.15. The molecule has 0 aliphatic carbocycles. The Hall–Kier alpha value is -1.30. The van der Waals surface area contributed by atoms with Crippen LogP contribution in [0.5, 0.6) is 0 Å². The van der Waals surface area contributed by atoms with Crippen LogP contribution >= 0.6 is 27.5 Å². The summed E-state index contributed by atoms with van der Waals surface area (Å²) in [5.74, 6) is 0.448. The SMILES string of the molecule is CCn1ncc(Cl)c1C(O)c1cc2cccc(Br)c2o1. The normalized spacial score (nSPS) is 13.0. The second kappa shape index (κ2) is 5.24. The molecule has 2 aromatic heterocycles. The molecule has 0 spiro atoms. The van der Waals surface area contributed by atoms with Crippen molar-refractivity contribution in [3.8, 4) is 0 Å². The first-order valence-electron chi connectivity index (χ1n) is 6.19. The average Bonchev–Trinajstić information content (AvgIpc) is 3.02. The van der Waals surface area contributed by atoms with Crippen LogP contribution in [-0.4, -0.2) is 14.9 Å². The smallest absolute Gasteiger partial charge is 0.155 e. The molecule has 1 unspecified atom stereocenters. The van der Waals surface area contributed by atoms with Gasteiger partial charge in [-0.3, -0.25) is 4.68 Å². The van der Waals surface area contributed by atoms with Gasteiger partial charge in [-0.25, -0.2) is 0 Å². The van der Waals surface area contributed by atoms with Crippen LogP contribution in [0, 0.1) is 0 Å². The van der Waals surface area contributed by atoms with Crippen molar-refractivity contribution in [1.29, 1.82) is 0 Å². The largest absolute Gasteiger partial charge is 0.457 e. The summed E-state index contributed by atoms with van der Waals surface area (Å²) < 4.78 is 8.25. The van der Waals surface area contributed by atoms with E-state index >= 15 is 0 Å². The molecule has 2 heterocycles. The average molecular weight is 356 g/mol. The van der Waals surface area contributed by atoms with E-state index in [2.05, 4.69) is 21.0 Å². The van der Waals surface area contributed by atoms with Gasteiger partial charge in [-0.2, -0.15) is 5.10 Å². The van der Waals surface area contributed by atoms with Crippen molar-refractivity contribution in [2.45, 2.75) is 19.6 Å². The van der Waals surface area contributed by atoms with Crippen LogP contribution in [0.4, 0.5) is 0 Å². The van der Waals surface area contributed by atoms with Gasteiger partial charge < -0.3 is 9.52 Å². The topological polar surface area (TPSA) is 51.2 Å². The highest BCUT2D eigenvalue weighted by Crippen LogP contribution is 2.34.